The second-order valence-corrected chi connectivity index (χ2v) is 4.22. The SMILES string of the molecule is CC(=O)c1ccc(OC(C)C)cc1Br. The van der Waals surface area contributed by atoms with Crippen LogP contribution in [0.5, 0.6) is 5.75 Å². The van der Waals surface area contributed by atoms with Crippen molar-refractivity contribution >= 4 is 21.7 Å². The first-order chi connectivity index (χ1) is 6.50. The molecule has 76 valence electrons. The Balaban J connectivity index is 2.94. The lowest BCUT2D eigenvalue weighted by molar-refractivity contribution is 0.101. The third-order valence-corrected chi connectivity index (χ3v) is 2.35. The zero-order valence-electron chi connectivity index (χ0n) is 8.50. The van der Waals surface area contributed by atoms with Crippen LogP contribution in [0.2, 0.25) is 0 Å². The molecule has 0 aliphatic heterocycles. The molecule has 0 saturated carbocycles. The van der Waals surface area contributed by atoms with E-state index in [2.05, 4.69) is 15.9 Å². The molecular weight excluding hydrogens is 244 g/mol. The van der Waals surface area contributed by atoms with Gasteiger partial charge in [-0.1, -0.05) is 0 Å². The van der Waals surface area contributed by atoms with E-state index in [1.54, 1.807) is 13.0 Å². The summed E-state index contributed by atoms with van der Waals surface area (Å²) in [6.07, 6.45) is 0.144. The van der Waals surface area contributed by atoms with E-state index in [4.69, 9.17) is 4.74 Å². The van der Waals surface area contributed by atoms with Crippen LogP contribution in [0, 0.1) is 0 Å². The number of Topliss-reactive ketones (excluding diaryl/α,β-unsaturated/α-hetero) is 1. The Morgan fingerprint density at radius 2 is 2.07 bits per heavy atom. The topological polar surface area (TPSA) is 26.3 Å². The summed E-state index contributed by atoms with van der Waals surface area (Å²) < 4.78 is 6.27. The summed E-state index contributed by atoms with van der Waals surface area (Å²) in [4.78, 5) is 11.1. The minimum absolute atomic E-state index is 0.0490. The Hall–Kier alpha value is -0.830. The molecule has 0 unspecified atom stereocenters. The van der Waals surface area contributed by atoms with Gasteiger partial charge in [-0.15, -0.1) is 0 Å². The molecule has 0 bridgehead atoms. The molecule has 14 heavy (non-hydrogen) atoms. The molecule has 0 spiro atoms. The van der Waals surface area contributed by atoms with Crippen LogP contribution < -0.4 is 4.74 Å². The minimum atomic E-state index is 0.0490. The van der Waals surface area contributed by atoms with Crippen molar-refractivity contribution in [2.75, 3.05) is 0 Å². The summed E-state index contributed by atoms with van der Waals surface area (Å²) in [5, 5.41) is 0. The van der Waals surface area contributed by atoms with Crippen LogP contribution >= 0.6 is 15.9 Å². The van der Waals surface area contributed by atoms with Gasteiger partial charge >= 0.3 is 0 Å². The van der Waals surface area contributed by atoms with Crippen LogP contribution in [-0.4, -0.2) is 11.9 Å². The minimum Gasteiger partial charge on any atom is -0.491 e. The van der Waals surface area contributed by atoms with Crippen LogP contribution in [0.25, 0.3) is 0 Å². The Morgan fingerprint density at radius 3 is 2.50 bits per heavy atom. The summed E-state index contributed by atoms with van der Waals surface area (Å²) >= 11 is 3.34. The molecule has 3 heteroatoms. The van der Waals surface area contributed by atoms with Gasteiger partial charge in [0.2, 0.25) is 0 Å². The van der Waals surface area contributed by atoms with Gasteiger partial charge in [0.05, 0.1) is 6.10 Å². The normalized spacial score (nSPS) is 10.4. The molecule has 0 amide bonds. The number of ether oxygens (including phenoxy) is 1. The molecule has 0 aliphatic carbocycles. The first-order valence-electron chi connectivity index (χ1n) is 4.48. The van der Waals surface area contributed by atoms with Gasteiger partial charge in [0.15, 0.2) is 5.78 Å². The van der Waals surface area contributed by atoms with Crippen LogP contribution in [0.4, 0.5) is 0 Å². The molecular formula is C11H13BrO2. The van der Waals surface area contributed by atoms with E-state index < -0.39 is 0 Å². The highest BCUT2D eigenvalue weighted by Crippen LogP contribution is 2.24. The third kappa shape index (κ3) is 2.84. The molecule has 1 rings (SSSR count). The quantitative estimate of drug-likeness (QED) is 0.775. The third-order valence-electron chi connectivity index (χ3n) is 1.69. The average molecular weight is 257 g/mol. The fourth-order valence-corrected chi connectivity index (χ4v) is 1.76. The van der Waals surface area contributed by atoms with E-state index in [1.807, 2.05) is 26.0 Å². The average Bonchev–Trinajstić information content (AvgIpc) is 2.01. The predicted octanol–water partition coefficient (Wildman–Crippen LogP) is 3.44. The highest BCUT2D eigenvalue weighted by molar-refractivity contribution is 9.10. The molecule has 0 aliphatic rings. The number of halogens is 1. The first-order valence-corrected chi connectivity index (χ1v) is 5.27. The smallest absolute Gasteiger partial charge is 0.160 e. The van der Waals surface area contributed by atoms with Gasteiger partial charge in [0.25, 0.3) is 0 Å². The number of rotatable bonds is 3. The Morgan fingerprint density at radius 1 is 1.43 bits per heavy atom. The summed E-state index contributed by atoms with van der Waals surface area (Å²) in [5.41, 5.74) is 0.682. The first kappa shape index (κ1) is 11.2. The lowest BCUT2D eigenvalue weighted by atomic mass is 10.1. The summed E-state index contributed by atoms with van der Waals surface area (Å²) in [6, 6.07) is 5.39. The lowest BCUT2D eigenvalue weighted by Crippen LogP contribution is -2.05. The van der Waals surface area contributed by atoms with E-state index in [0.29, 0.717) is 5.56 Å². The van der Waals surface area contributed by atoms with Crippen LogP contribution in [-0.2, 0) is 0 Å². The molecule has 1 aromatic carbocycles. The van der Waals surface area contributed by atoms with Crippen molar-refractivity contribution in [1.29, 1.82) is 0 Å². The van der Waals surface area contributed by atoms with Gasteiger partial charge in [-0.2, -0.15) is 0 Å². The number of hydrogen-bond donors (Lipinski definition) is 0. The van der Waals surface area contributed by atoms with Gasteiger partial charge in [-0.3, -0.25) is 4.79 Å². The molecule has 0 radical (unpaired) electrons. The summed E-state index contributed by atoms with van der Waals surface area (Å²) in [5.74, 6) is 0.824. The maximum Gasteiger partial charge on any atom is 0.160 e. The predicted molar refractivity (Wildman–Crippen MR) is 59.9 cm³/mol. The van der Waals surface area contributed by atoms with Crippen molar-refractivity contribution in [1.82, 2.24) is 0 Å². The molecule has 2 nitrogen and oxygen atoms in total. The van der Waals surface area contributed by atoms with Crippen LogP contribution in [0.15, 0.2) is 22.7 Å². The molecule has 0 aromatic heterocycles. The van der Waals surface area contributed by atoms with E-state index >= 15 is 0 Å². The lowest BCUT2D eigenvalue weighted by Gasteiger charge is -2.10. The number of benzene rings is 1. The van der Waals surface area contributed by atoms with Crippen molar-refractivity contribution in [2.24, 2.45) is 0 Å². The second kappa shape index (κ2) is 4.60. The maximum absolute atomic E-state index is 11.1. The van der Waals surface area contributed by atoms with Crippen molar-refractivity contribution in [2.45, 2.75) is 26.9 Å². The molecule has 0 saturated heterocycles. The zero-order chi connectivity index (χ0) is 10.7. The number of carbonyl (C=O) groups is 1. The molecule has 0 fully saturated rings. The van der Waals surface area contributed by atoms with Crippen LogP contribution in [0.3, 0.4) is 0 Å². The van der Waals surface area contributed by atoms with Crippen molar-refractivity contribution in [3.8, 4) is 5.75 Å². The molecule has 0 heterocycles. The largest absolute Gasteiger partial charge is 0.491 e. The molecule has 1 aromatic rings. The van der Waals surface area contributed by atoms with E-state index in [-0.39, 0.29) is 11.9 Å². The Bertz CT molecular complexity index is 345. The van der Waals surface area contributed by atoms with Gasteiger partial charge in [-0.25, -0.2) is 0 Å². The fourth-order valence-electron chi connectivity index (χ4n) is 1.13. The maximum atomic E-state index is 11.1. The number of carbonyl (C=O) groups excluding carboxylic acids is 1. The highest BCUT2D eigenvalue weighted by atomic mass is 79.9. The standard InChI is InChI=1S/C11H13BrO2/c1-7(2)14-9-4-5-10(8(3)13)11(12)6-9/h4-7H,1-3H3. The molecule has 0 N–H and O–H groups in total. The van der Waals surface area contributed by atoms with Crippen molar-refractivity contribution < 1.29 is 9.53 Å². The van der Waals surface area contributed by atoms with E-state index in [0.717, 1.165) is 10.2 Å². The van der Waals surface area contributed by atoms with Gasteiger partial charge in [-0.05, 0) is 54.9 Å². The summed E-state index contributed by atoms with van der Waals surface area (Å²) in [7, 11) is 0. The summed E-state index contributed by atoms with van der Waals surface area (Å²) in [6.45, 7) is 5.47. The highest BCUT2D eigenvalue weighted by Gasteiger charge is 2.06. The van der Waals surface area contributed by atoms with Crippen LogP contribution in [0.1, 0.15) is 31.1 Å². The van der Waals surface area contributed by atoms with Gasteiger partial charge < -0.3 is 4.74 Å². The van der Waals surface area contributed by atoms with E-state index in [9.17, 15) is 4.79 Å². The van der Waals surface area contributed by atoms with Gasteiger partial charge in [0, 0.05) is 10.0 Å². The Kier molecular flexibility index (Phi) is 3.69. The Labute approximate surface area is 92.4 Å². The van der Waals surface area contributed by atoms with Gasteiger partial charge in [0.1, 0.15) is 5.75 Å². The molecule has 0 atom stereocenters. The van der Waals surface area contributed by atoms with E-state index in [1.165, 1.54) is 0 Å². The number of ketones is 1. The van der Waals surface area contributed by atoms with Crippen molar-refractivity contribution in [3.63, 3.8) is 0 Å². The fraction of sp³-hybridized carbons (Fsp3) is 0.364. The van der Waals surface area contributed by atoms with Crippen molar-refractivity contribution in [3.05, 3.63) is 28.2 Å². The number of hydrogen-bond acceptors (Lipinski definition) is 2. The zero-order valence-corrected chi connectivity index (χ0v) is 10.1. The second-order valence-electron chi connectivity index (χ2n) is 3.36. The monoisotopic (exact) mass is 256 g/mol.